The summed E-state index contributed by atoms with van der Waals surface area (Å²) in [6.07, 6.45) is 0. The summed E-state index contributed by atoms with van der Waals surface area (Å²) in [5, 5.41) is 3.13. The Labute approximate surface area is 132 Å². The second kappa shape index (κ2) is 6.76. The van der Waals surface area contributed by atoms with Crippen molar-refractivity contribution in [1.29, 1.82) is 0 Å². The molecule has 0 spiro atoms. The normalized spacial score (nSPS) is 13.8. The number of benzene rings is 1. The minimum absolute atomic E-state index is 0.229. The summed E-state index contributed by atoms with van der Waals surface area (Å²) in [5.41, 5.74) is 1.96. The van der Waals surface area contributed by atoms with Crippen molar-refractivity contribution in [2.45, 2.75) is 19.9 Å². The average Bonchev–Trinajstić information content (AvgIpc) is 2.75. The molecule has 1 heterocycles. The summed E-state index contributed by atoms with van der Waals surface area (Å²) in [6, 6.07) is 5.61. The zero-order valence-corrected chi connectivity index (χ0v) is 13.9. The number of hydrogen-bond donors (Lipinski definition) is 0. The predicted octanol–water partition coefficient (Wildman–Crippen LogP) is 4.60. The maximum Gasteiger partial charge on any atom is 0.190 e. The molecule has 0 radical (unpaired) electrons. The van der Waals surface area contributed by atoms with Crippen LogP contribution in [-0.4, -0.2) is 18.3 Å². The Bertz CT molecular complexity index is 663. The van der Waals surface area contributed by atoms with Crippen LogP contribution in [0.4, 0.5) is 5.69 Å². The molecule has 0 amide bonds. The number of halogens is 2. The molecule has 2 aromatic rings. The molecule has 0 aliphatic carbocycles. The monoisotopic (exact) mass is 330 g/mol. The third-order valence-electron chi connectivity index (χ3n) is 2.90. The number of nitrogens with zero attached hydrogens (tertiary/aromatic N) is 2. The Morgan fingerprint density at radius 3 is 2.75 bits per heavy atom. The zero-order chi connectivity index (χ0) is 14.7. The van der Waals surface area contributed by atoms with Crippen LogP contribution in [0.15, 0.2) is 28.6 Å². The molecule has 0 aliphatic heterocycles. The van der Waals surface area contributed by atoms with Gasteiger partial charge in [-0.05, 0) is 32.0 Å². The van der Waals surface area contributed by atoms with Crippen LogP contribution in [0.2, 0.25) is 10.0 Å². The van der Waals surface area contributed by atoms with Crippen molar-refractivity contribution in [2.75, 3.05) is 13.7 Å². The van der Waals surface area contributed by atoms with Gasteiger partial charge in [0.05, 0.1) is 28.4 Å². The van der Waals surface area contributed by atoms with E-state index < -0.39 is 0 Å². The second-order valence-electron chi connectivity index (χ2n) is 4.54. The first-order chi connectivity index (χ1) is 9.52. The first-order valence-electron chi connectivity index (χ1n) is 6.18. The van der Waals surface area contributed by atoms with Gasteiger partial charge in [-0.3, -0.25) is 0 Å². The molecule has 1 unspecified atom stereocenters. The van der Waals surface area contributed by atoms with E-state index in [1.807, 2.05) is 6.07 Å². The summed E-state index contributed by atoms with van der Waals surface area (Å²) in [5.74, 6) is 0. The molecule has 108 valence electrons. The first kappa shape index (κ1) is 15.6. The van der Waals surface area contributed by atoms with Gasteiger partial charge in [-0.25, -0.2) is 4.99 Å². The molecule has 20 heavy (non-hydrogen) atoms. The third kappa shape index (κ3) is 3.44. The number of methoxy groups -OCH3 is 1. The molecule has 0 fully saturated rings. The van der Waals surface area contributed by atoms with E-state index >= 15 is 0 Å². The number of aryl methyl sites for hydroxylation is 1. The maximum atomic E-state index is 6.02. The van der Waals surface area contributed by atoms with Crippen LogP contribution < -0.4 is 4.80 Å². The Morgan fingerprint density at radius 2 is 2.10 bits per heavy atom. The molecule has 1 aromatic heterocycles. The van der Waals surface area contributed by atoms with Gasteiger partial charge in [0.1, 0.15) is 0 Å². The van der Waals surface area contributed by atoms with Gasteiger partial charge in [0.2, 0.25) is 0 Å². The molecule has 1 atom stereocenters. The van der Waals surface area contributed by atoms with Crippen LogP contribution in [0, 0.1) is 6.92 Å². The smallest absolute Gasteiger partial charge is 0.190 e. The lowest BCUT2D eigenvalue weighted by atomic mass is 10.3. The molecule has 3 nitrogen and oxygen atoms in total. The highest BCUT2D eigenvalue weighted by molar-refractivity contribution is 7.07. The first-order valence-corrected chi connectivity index (χ1v) is 7.82. The molecule has 0 saturated carbocycles. The molecular formula is C14H16Cl2N2OS. The Hall–Kier alpha value is -0.810. The van der Waals surface area contributed by atoms with Crippen LogP contribution in [0.1, 0.15) is 18.7 Å². The van der Waals surface area contributed by atoms with Gasteiger partial charge in [-0.15, -0.1) is 11.3 Å². The van der Waals surface area contributed by atoms with Crippen molar-refractivity contribution in [1.82, 2.24) is 4.57 Å². The van der Waals surface area contributed by atoms with Gasteiger partial charge < -0.3 is 9.30 Å². The lowest BCUT2D eigenvalue weighted by Gasteiger charge is -2.14. The van der Waals surface area contributed by atoms with Gasteiger partial charge in [0.25, 0.3) is 0 Å². The second-order valence-corrected chi connectivity index (χ2v) is 6.20. The highest BCUT2D eigenvalue weighted by Gasteiger charge is 2.09. The number of thiazole rings is 1. The van der Waals surface area contributed by atoms with Crippen molar-refractivity contribution >= 4 is 40.2 Å². The van der Waals surface area contributed by atoms with Crippen LogP contribution >= 0.6 is 34.5 Å². The Morgan fingerprint density at radius 1 is 1.35 bits per heavy atom. The quantitative estimate of drug-likeness (QED) is 0.804. The highest BCUT2D eigenvalue weighted by atomic mass is 35.5. The molecule has 2 rings (SSSR count). The number of hydrogen-bond acceptors (Lipinski definition) is 3. The Balaban J connectivity index is 2.46. The van der Waals surface area contributed by atoms with E-state index in [1.54, 1.807) is 30.6 Å². The molecule has 0 aliphatic rings. The van der Waals surface area contributed by atoms with Crippen LogP contribution in [0.5, 0.6) is 0 Å². The summed E-state index contributed by atoms with van der Waals surface area (Å²) in [6.45, 7) is 4.82. The standard InChI is InChI=1S/C14H16Cl2N2OS/c1-9(7-19-3)18-10(2)8-20-14(18)17-11-4-5-12(15)13(16)6-11/h4-6,8-9H,7H2,1-3H3. The topological polar surface area (TPSA) is 26.5 Å². The van der Waals surface area contributed by atoms with Gasteiger partial charge >= 0.3 is 0 Å². The van der Waals surface area contributed by atoms with Gasteiger partial charge in [0.15, 0.2) is 4.80 Å². The maximum absolute atomic E-state index is 6.02. The van der Waals surface area contributed by atoms with Crippen LogP contribution in [-0.2, 0) is 4.74 Å². The van der Waals surface area contributed by atoms with E-state index in [1.165, 1.54) is 5.69 Å². The summed E-state index contributed by atoms with van der Waals surface area (Å²) >= 11 is 13.5. The SMILES string of the molecule is COCC(C)n1c(C)csc1=Nc1ccc(Cl)c(Cl)c1. The molecule has 6 heteroatoms. The van der Waals surface area contributed by atoms with Crippen molar-refractivity contribution in [3.8, 4) is 0 Å². The van der Waals surface area contributed by atoms with Crippen LogP contribution in [0.25, 0.3) is 0 Å². The fourth-order valence-electron chi connectivity index (χ4n) is 2.00. The lowest BCUT2D eigenvalue weighted by Crippen LogP contribution is -2.23. The van der Waals surface area contributed by atoms with Crippen molar-refractivity contribution in [3.63, 3.8) is 0 Å². The fourth-order valence-corrected chi connectivity index (χ4v) is 3.28. The number of rotatable bonds is 4. The number of ether oxygens (including phenoxy) is 1. The van der Waals surface area contributed by atoms with E-state index in [0.29, 0.717) is 16.7 Å². The molecule has 1 aromatic carbocycles. The minimum atomic E-state index is 0.229. The van der Waals surface area contributed by atoms with E-state index in [9.17, 15) is 0 Å². The van der Waals surface area contributed by atoms with E-state index in [2.05, 4.69) is 28.8 Å². The highest BCUT2D eigenvalue weighted by Crippen LogP contribution is 2.26. The molecule has 0 saturated heterocycles. The molecule has 0 bridgehead atoms. The van der Waals surface area contributed by atoms with Crippen molar-refractivity contribution in [3.05, 3.63) is 44.1 Å². The van der Waals surface area contributed by atoms with E-state index in [4.69, 9.17) is 27.9 Å². The fraction of sp³-hybridized carbons (Fsp3) is 0.357. The van der Waals surface area contributed by atoms with Gasteiger partial charge in [-0.1, -0.05) is 23.2 Å². The van der Waals surface area contributed by atoms with Gasteiger partial charge in [-0.2, -0.15) is 0 Å². The van der Waals surface area contributed by atoms with Gasteiger partial charge in [0, 0.05) is 18.2 Å². The zero-order valence-electron chi connectivity index (χ0n) is 11.6. The van der Waals surface area contributed by atoms with E-state index in [-0.39, 0.29) is 6.04 Å². The lowest BCUT2D eigenvalue weighted by molar-refractivity contribution is 0.160. The summed E-state index contributed by atoms with van der Waals surface area (Å²) in [4.78, 5) is 5.57. The van der Waals surface area contributed by atoms with Crippen molar-refractivity contribution < 1.29 is 4.74 Å². The summed E-state index contributed by atoms with van der Waals surface area (Å²) < 4.78 is 7.39. The predicted molar refractivity (Wildman–Crippen MR) is 85.3 cm³/mol. The van der Waals surface area contributed by atoms with Crippen LogP contribution in [0.3, 0.4) is 0 Å². The van der Waals surface area contributed by atoms with Crippen molar-refractivity contribution in [2.24, 2.45) is 4.99 Å². The minimum Gasteiger partial charge on any atom is -0.383 e. The largest absolute Gasteiger partial charge is 0.383 e. The Kier molecular flexibility index (Phi) is 5.27. The average molecular weight is 331 g/mol. The molecule has 0 N–H and O–H groups in total. The molecular weight excluding hydrogens is 315 g/mol. The van der Waals surface area contributed by atoms with E-state index in [0.717, 1.165) is 10.5 Å². The number of aromatic nitrogens is 1. The summed E-state index contributed by atoms with van der Waals surface area (Å²) in [7, 11) is 1.70. The third-order valence-corrected chi connectivity index (χ3v) is 4.59.